The number of rotatable bonds is 7. The minimum atomic E-state index is -5.63. The average Bonchev–Trinajstić information content (AvgIpc) is 3.59. The molecule has 3 aromatic heterocycles. The lowest BCUT2D eigenvalue weighted by atomic mass is 9.80. The number of halogens is 6. The largest absolute Gasteiger partial charge is 0.480 e. The van der Waals surface area contributed by atoms with Gasteiger partial charge in [0.2, 0.25) is 17.7 Å². The van der Waals surface area contributed by atoms with Crippen LogP contribution in [0, 0.1) is 5.92 Å². The van der Waals surface area contributed by atoms with E-state index in [1.165, 1.54) is 17.0 Å². The van der Waals surface area contributed by atoms with Crippen molar-refractivity contribution >= 4 is 29.1 Å². The third kappa shape index (κ3) is 6.67. The maximum atomic E-state index is 15.4. The number of nitrogens with two attached hydrogens (primary N) is 1. The molecule has 3 amide bonds. The Hall–Kier alpha value is -4.52. The molecule has 5 heterocycles. The molecule has 2 saturated heterocycles. The van der Waals surface area contributed by atoms with Gasteiger partial charge in [0.15, 0.2) is 5.82 Å². The smallest absolute Gasteiger partial charge is 0.471 e. The van der Waals surface area contributed by atoms with Gasteiger partial charge in [-0.15, -0.1) is 0 Å². The van der Waals surface area contributed by atoms with Crippen molar-refractivity contribution in [2.24, 2.45) is 5.92 Å². The predicted molar refractivity (Wildman–Crippen MR) is 163 cm³/mol. The van der Waals surface area contributed by atoms with Crippen LogP contribution in [0.1, 0.15) is 42.6 Å². The molecule has 3 aromatic rings. The summed E-state index contributed by atoms with van der Waals surface area (Å²) >= 11 is 0. The summed E-state index contributed by atoms with van der Waals surface area (Å²) in [6.45, 7) is 3.89. The third-order valence-electron chi connectivity index (χ3n) is 9.10. The minimum absolute atomic E-state index is 0.0423. The molecule has 2 aliphatic heterocycles. The maximum absolute atomic E-state index is 15.4. The van der Waals surface area contributed by atoms with Crippen LogP contribution in [0.25, 0.3) is 16.8 Å². The molecule has 6 rings (SSSR count). The zero-order valence-corrected chi connectivity index (χ0v) is 27.2. The van der Waals surface area contributed by atoms with E-state index in [-0.39, 0.29) is 28.5 Å². The van der Waals surface area contributed by atoms with E-state index in [1.807, 2.05) is 13.8 Å². The van der Waals surface area contributed by atoms with Gasteiger partial charge in [0.25, 0.3) is 5.91 Å². The number of likely N-dealkylation sites (tertiary alicyclic amines) is 1. The first-order chi connectivity index (χ1) is 23.5. The van der Waals surface area contributed by atoms with Crippen LogP contribution >= 0.6 is 0 Å². The molecule has 3 aliphatic rings. The second kappa shape index (κ2) is 13.0. The molecule has 1 aliphatic carbocycles. The molecule has 0 radical (unpaired) electrons. The van der Waals surface area contributed by atoms with Crippen molar-refractivity contribution in [2.75, 3.05) is 39.0 Å². The van der Waals surface area contributed by atoms with Crippen LogP contribution in [0.15, 0.2) is 24.7 Å². The van der Waals surface area contributed by atoms with Gasteiger partial charge in [-0.3, -0.25) is 24.2 Å². The molecule has 50 heavy (non-hydrogen) atoms. The van der Waals surface area contributed by atoms with Gasteiger partial charge in [-0.25, -0.2) is 27.7 Å². The third-order valence-corrected chi connectivity index (χ3v) is 9.10. The van der Waals surface area contributed by atoms with E-state index in [0.29, 0.717) is 36.4 Å². The monoisotopic (exact) mass is 712 g/mol. The van der Waals surface area contributed by atoms with Crippen LogP contribution in [0.4, 0.5) is 32.2 Å². The highest BCUT2D eigenvalue weighted by Gasteiger charge is 2.55. The van der Waals surface area contributed by atoms with E-state index in [1.54, 1.807) is 6.07 Å². The summed E-state index contributed by atoms with van der Waals surface area (Å²) < 4.78 is 96.6. The van der Waals surface area contributed by atoms with Gasteiger partial charge in [0.05, 0.1) is 37.6 Å². The number of anilines is 1. The fraction of sp³-hybridized carbons (Fsp3) is 0.548. The fourth-order valence-corrected chi connectivity index (χ4v) is 6.96. The molecule has 0 bridgehead atoms. The highest BCUT2D eigenvalue weighted by atomic mass is 19.4. The number of nitrogen functional groups attached to an aromatic ring is 1. The van der Waals surface area contributed by atoms with Gasteiger partial charge in [-0.1, -0.05) is 0 Å². The first kappa shape index (κ1) is 35.3. The van der Waals surface area contributed by atoms with E-state index in [4.69, 9.17) is 15.2 Å². The van der Waals surface area contributed by atoms with Crippen LogP contribution in [0.3, 0.4) is 0 Å². The normalized spacial score (nSPS) is 24.3. The number of pyridine rings is 1. The second-order valence-corrected chi connectivity index (χ2v) is 13.0. The molecular formula is C31H34F6N8O5. The van der Waals surface area contributed by atoms with Gasteiger partial charge in [0.1, 0.15) is 23.6 Å². The molecule has 13 nitrogen and oxygen atoms in total. The number of amides is 3. The van der Waals surface area contributed by atoms with E-state index in [9.17, 15) is 36.3 Å². The average molecular weight is 713 g/mol. The lowest BCUT2D eigenvalue weighted by Crippen LogP contribution is -2.54. The number of nitrogens with zero attached hydrogens (tertiary/aromatic N) is 7. The van der Waals surface area contributed by atoms with Crippen LogP contribution < -0.4 is 10.5 Å². The SMILES string of the molecule is COc1ncc(-c2cc(CN3CC(C)OC(C)C3)c3c(N)ncnn23)cc1C(=O)N(C(=O)C(F)(F)F)[C@@H]1CN(C(=O)C2CC(F)(F)C2)C[C@@H]1F. The quantitative estimate of drug-likeness (QED) is 0.363. The zero-order chi connectivity index (χ0) is 36.3. The van der Waals surface area contributed by atoms with Crippen molar-refractivity contribution in [1.29, 1.82) is 0 Å². The van der Waals surface area contributed by atoms with Crippen LogP contribution in [-0.4, -0.2) is 122 Å². The summed E-state index contributed by atoms with van der Waals surface area (Å²) in [5.74, 6) is -9.75. The standard InChI is InChI=1S/C31H34F6N8O5/c1-15-9-42(10-16(2)50-15)11-18-5-22(45-24(18)25(38)40-14-41-45)17-4-20(26(49-3)39-8-17)28(47)44(29(48)31(35,36)37)23-13-43(12-21(23)32)27(46)19-6-30(33,34)7-19/h4-5,8,14-16,19,21,23H,6-7,9-13H2,1-3H3,(H2,38,40,41)/t15?,16?,21-,23+/m0/s1. The fourth-order valence-electron chi connectivity index (χ4n) is 6.96. The Kier molecular flexibility index (Phi) is 9.17. The second-order valence-electron chi connectivity index (χ2n) is 13.0. The van der Waals surface area contributed by atoms with Crippen molar-refractivity contribution in [3.05, 3.63) is 35.8 Å². The number of carbonyl (C=O) groups excluding carboxylic acids is 3. The lowest BCUT2D eigenvalue weighted by Gasteiger charge is -2.36. The number of ether oxygens (including phenoxy) is 2. The predicted octanol–water partition coefficient (Wildman–Crippen LogP) is 3.12. The van der Waals surface area contributed by atoms with Crippen molar-refractivity contribution in [1.82, 2.24) is 34.3 Å². The summed E-state index contributed by atoms with van der Waals surface area (Å²) in [4.78, 5) is 50.4. The number of fused-ring (bicyclic) bond motifs is 1. The van der Waals surface area contributed by atoms with E-state index < -0.39 is 85.3 Å². The van der Waals surface area contributed by atoms with E-state index >= 15 is 4.39 Å². The molecular weight excluding hydrogens is 678 g/mol. The number of morpholine rings is 1. The summed E-state index contributed by atoms with van der Waals surface area (Å²) in [7, 11) is 1.10. The van der Waals surface area contributed by atoms with Crippen LogP contribution in [-0.2, 0) is 20.9 Å². The topological polar surface area (TPSA) is 148 Å². The first-order valence-corrected chi connectivity index (χ1v) is 15.8. The van der Waals surface area contributed by atoms with Crippen molar-refractivity contribution in [2.45, 2.75) is 69.8 Å². The van der Waals surface area contributed by atoms with Gasteiger partial charge in [-0.2, -0.15) is 18.3 Å². The number of alkyl halides is 6. The molecule has 19 heteroatoms. The number of aromatic nitrogens is 4. The van der Waals surface area contributed by atoms with Gasteiger partial charge >= 0.3 is 12.1 Å². The number of hydrogen-bond acceptors (Lipinski definition) is 10. The Morgan fingerprint density at radius 1 is 1.08 bits per heavy atom. The Bertz CT molecular complexity index is 1800. The Balaban J connectivity index is 1.36. The molecule has 270 valence electrons. The molecule has 2 unspecified atom stereocenters. The van der Waals surface area contributed by atoms with Crippen molar-refractivity contribution < 1.29 is 50.2 Å². The molecule has 1 saturated carbocycles. The number of methoxy groups -OCH3 is 1. The summed E-state index contributed by atoms with van der Waals surface area (Å²) in [6, 6.07) is 0.764. The van der Waals surface area contributed by atoms with Gasteiger partial charge in [-0.05, 0) is 31.5 Å². The minimum Gasteiger partial charge on any atom is -0.480 e. The zero-order valence-electron chi connectivity index (χ0n) is 27.2. The molecule has 4 atom stereocenters. The van der Waals surface area contributed by atoms with Gasteiger partial charge in [0, 0.05) is 56.7 Å². The van der Waals surface area contributed by atoms with E-state index in [0.717, 1.165) is 18.1 Å². The number of imide groups is 1. The molecule has 0 spiro atoms. The summed E-state index contributed by atoms with van der Waals surface area (Å²) in [5, 5.41) is 4.30. The molecule has 3 fully saturated rings. The van der Waals surface area contributed by atoms with Gasteiger partial charge < -0.3 is 20.1 Å². The highest BCUT2D eigenvalue weighted by Crippen LogP contribution is 2.44. The van der Waals surface area contributed by atoms with Crippen LogP contribution in [0.2, 0.25) is 0 Å². The Morgan fingerprint density at radius 2 is 1.76 bits per heavy atom. The number of hydrogen-bond donors (Lipinski definition) is 1. The lowest BCUT2D eigenvalue weighted by molar-refractivity contribution is -0.184. The van der Waals surface area contributed by atoms with Crippen LogP contribution in [0.5, 0.6) is 5.88 Å². The number of carbonyl (C=O) groups is 3. The van der Waals surface area contributed by atoms with E-state index in [2.05, 4.69) is 20.0 Å². The highest BCUT2D eigenvalue weighted by molar-refractivity contribution is 6.08. The van der Waals surface area contributed by atoms with Crippen molar-refractivity contribution in [3.63, 3.8) is 0 Å². The Labute approximate surface area is 281 Å². The summed E-state index contributed by atoms with van der Waals surface area (Å²) in [5.41, 5.74) is 7.23. The van der Waals surface area contributed by atoms with Crippen molar-refractivity contribution in [3.8, 4) is 17.1 Å². The molecule has 2 N–H and O–H groups in total. The summed E-state index contributed by atoms with van der Waals surface area (Å²) in [6.07, 6.45) is -7.13. The maximum Gasteiger partial charge on any atom is 0.471 e. The molecule has 0 aromatic carbocycles. The Morgan fingerprint density at radius 3 is 2.38 bits per heavy atom. The first-order valence-electron chi connectivity index (χ1n) is 15.8.